The largest absolute Gasteiger partial charge is 0.480 e. The van der Waals surface area contributed by atoms with Crippen molar-refractivity contribution in [3.8, 4) is 0 Å². The van der Waals surface area contributed by atoms with E-state index < -0.39 is 32.2 Å². The van der Waals surface area contributed by atoms with Crippen LogP contribution in [0.2, 0.25) is 0 Å². The van der Waals surface area contributed by atoms with Crippen LogP contribution >= 0.6 is 0 Å². The van der Waals surface area contributed by atoms with E-state index in [1.54, 1.807) is 6.92 Å². The van der Waals surface area contributed by atoms with E-state index in [-0.39, 0.29) is 32.6 Å². The van der Waals surface area contributed by atoms with Crippen LogP contribution in [-0.2, 0) is 25.0 Å². The number of nitrogens with one attached hydrogen (secondary N) is 1. The first-order valence-corrected chi connectivity index (χ1v) is 9.82. The van der Waals surface area contributed by atoms with E-state index >= 15 is 0 Å². The highest BCUT2D eigenvalue weighted by Crippen LogP contribution is 2.10. The van der Waals surface area contributed by atoms with Crippen molar-refractivity contribution >= 4 is 26.2 Å². The van der Waals surface area contributed by atoms with Gasteiger partial charge in [-0.2, -0.15) is 21.8 Å². The Morgan fingerprint density at radius 3 is 2.00 bits per heavy atom. The maximum absolute atomic E-state index is 12.1. The normalized spacial score (nSPS) is 20.3. The Kier molecular flexibility index (Phi) is 6.11. The summed E-state index contributed by atoms with van der Waals surface area (Å²) in [6.45, 7) is 1.88. The molecule has 1 aliphatic rings. The molecule has 1 aliphatic heterocycles. The molecule has 0 aromatic rings. The fourth-order valence-electron chi connectivity index (χ4n) is 2.02. The van der Waals surface area contributed by atoms with Crippen LogP contribution in [0.4, 0.5) is 0 Å². The highest BCUT2D eigenvalue weighted by molar-refractivity contribution is 7.88. The zero-order valence-electron chi connectivity index (χ0n) is 12.0. The van der Waals surface area contributed by atoms with E-state index in [4.69, 9.17) is 5.11 Å². The number of nitrogens with zero attached hydrogens (tertiary/aromatic N) is 2. The first-order valence-electron chi connectivity index (χ1n) is 6.53. The highest BCUT2D eigenvalue weighted by atomic mass is 32.2. The van der Waals surface area contributed by atoms with E-state index in [0.29, 0.717) is 6.42 Å². The lowest BCUT2D eigenvalue weighted by molar-refractivity contribution is -0.139. The van der Waals surface area contributed by atoms with Crippen LogP contribution in [0.15, 0.2) is 0 Å². The van der Waals surface area contributed by atoms with Crippen molar-refractivity contribution < 1.29 is 26.7 Å². The summed E-state index contributed by atoms with van der Waals surface area (Å²) in [6, 6.07) is -1.17. The molecule has 124 valence electrons. The van der Waals surface area contributed by atoms with Gasteiger partial charge in [0.25, 0.3) is 10.2 Å². The van der Waals surface area contributed by atoms with Crippen molar-refractivity contribution in [3.05, 3.63) is 0 Å². The molecule has 1 atom stereocenters. The van der Waals surface area contributed by atoms with Crippen molar-refractivity contribution in [2.45, 2.75) is 25.8 Å². The van der Waals surface area contributed by atoms with Crippen molar-refractivity contribution in [1.29, 1.82) is 0 Å². The molecule has 2 N–H and O–H groups in total. The summed E-state index contributed by atoms with van der Waals surface area (Å²) in [5, 5.41) is 8.98. The van der Waals surface area contributed by atoms with Gasteiger partial charge in [0.05, 0.1) is 6.26 Å². The van der Waals surface area contributed by atoms with Gasteiger partial charge in [-0.05, 0) is 6.42 Å². The summed E-state index contributed by atoms with van der Waals surface area (Å²) in [6.07, 6.45) is 1.79. The molecule has 0 aromatic carbocycles. The average Bonchev–Trinajstić information content (AvgIpc) is 2.37. The smallest absolute Gasteiger partial charge is 0.321 e. The molecule has 1 rings (SSSR count). The summed E-state index contributed by atoms with van der Waals surface area (Å²) < 4.78 is 51.4. The molecule has 0 amide bonds. The number of hydrogen-bond donors (Lipinski definition) is 2. The minimum Gasteiger partial charge on any atom is -0.480 e. The second-order valence-corrected chi connectivity index (χ2v) is 8.55. The monoisotopic (exact) mass is 343 g/mol. The number of sulfonamides is 1. The van der Waals surface area contributed by atoms with E-state index in [0.717, 1.165) is 10.6 Å². The van der Waals surface area contributed by atoms with E-state index in [9.17, 15) is 21.6 Å². The summed E-state index contributed by atoms with van der Waals surface area (Å²) >= 11 is 0. The molecular weight excluding hydrogens is 322 g/mol. The third-order valence-electron chi connectivity index (χ3n) is 3.17. The van der Waals surface area contributed by atoms with Crippen LogP contribution in [-0.4, -0.2) is 75.0 Å². The Morgan fingerprint density at radius 1 is 1.14 bits per heavy atom. The number of hydrogen-bond acceptors (Lipinski definition) is 5. The predicted molar refractivity (Wildman–Crippen MR) is 76.4 cm³/mol. The van der Waals surface area contributed by atoms with Crippen LogP contribution in [0.1, 0.15) is 19.8 Å². The van der Waals surface area contributed by atoms with Gasteiger partial charge in [-0.3, -0.25) is 4.79 Å². The standard InChI is InChI=1S/C10H21N3O6S2/c1-3-4-9(10(14)15)11-21(18,19)13-7-5-12(6-8-13)20(2,16)17/h9,11H,3-8H2,1-2H3,(H,14,15). The topological polar surface area (TPSA) is 124 Å². The molecule has 1 unspecified atom stereocenters. The number of rotatable bonds is 7. The zero-order chi connectivity index (χ0) is 16.3. The molecule has 1 heterocycles. The Bertz CT molecular complexity index is 566. The van der Waals surface area contributed by atoms with Crippen LogP contribution in [0.25, 0.3) is 0 Å². The summed E-state index contributed by atoms with van der Waals surface area (Å²) in [5.74, 6) is -1.23. The molecule has 1 fully saturated rings. The molecule has 0 aliphatic carbocycles. The maximum atomic E-state index is 12.1. The third kappa shape index (κ3) is 5.18. The van der Waals surface area contributed by atoms with Gasteiger partial charge in [-0.25, -0.2) is 8.42 Å². The van der Waals surface area contributed by atoms with E-state index in [1.807, 2.05) is 0 Å². The van der Waals surface area contributed by atoms with E-state index in [2.05, 4.69) is 4.72 Å². The van der Waals surface area contributed by atoms with Gasteiger partial charge in [-0.15, -0.1) is 0 Å². The second-order valence-electron chi connectivity index (χ2n) is 4.86. The van der Waals surface area contributed by atoms with Crippen LogP contribution in [0, 0.1) is 0 Å². The molecular formula is C10H21N3O6S2. The Balaban J connectivity index is 2.71. The van der Waals surface area contributed by atoms with Crippen LogP contribution < -0.4 is 4.72 Å². The zero-order valence-corrected chi connectivity index (χ0v) is 13.7. The second kappa shape index (κ2) is 7.01. The van der Waals surface area contributed by atoms with Crippen LogP contribution in [0.5, 0.6) is 0 Å². The number of carboxylic acids is 1. The molecule has 1 saturated heterocycles. The van der Waals surface area contributed by atoms with Crippen molar-refractivity contribution in [3.63, 3.8) is 0 Å². The van der Waals surface area contributed by atoms with Gasteiger partial charge >= 0.3 is 5.97 Å². The molecule has 9 nitrogen and oxygen atoms in total. The lowest BCUT2D eigenvalue weighted by Crippen LogP contribution is -2.55. The minimum atomic E-state index is -3.94. The lowest BCUT2D eigenvalue weighted by Gasteiger charge is -2.33. The first kappa shape index (κ1) is 18.3. The van der Waals surface area contributed by atoms with Crippen LogP contribution in [0.3, 0.4) is 0 Å². The van der Waals surface area contributed by atoms with E-state index in [1.165, 1.54) is 4.31 Å². The molecule has 11 heteroatoms. The summed E-state index contributed by atoms with van der Waals surface area (Å²) in [7, 11) is -7.28. The lowest BCUT2D eigenvalue weighted by atomic mass is 10.2. The minimum absolute atomic E-state index is 0.000860. The van der Waals surface area contributed by atoms with Gasteiger partial charge in [0.1, 0.15) is 6.04 Å². The van der Waals surface area contributed by atoms with Crippen molar-refractivity contribution in [2.75, 3.05) is 32.4 Å². The van der Waals surface area contributed by atoms with Crippen molar-refractivity contribution in [2.24, 2.45) is 0 Å². The molecule has 0 spiro atoms. The molecule has 21 heavy (non-hydrogen) atoms. The summed E-state index contributed by atoms with van der Waals surface area (Å²) in [5.41, 5.74) is 0. The van der Waals surface area contributed by atoms with Gasteiger partial charge in [-0.1, -0.05) is 13.3 Å². The quantitative estimate of drug-likeness (QED) is 0.589. The molecule has 0 bridgehead atoms. The first-order chi connectivity index (χ1) is 9.58. The van der Waals surface area contributed by atoms with Gasteiger partial charge < -0.3 is 5.11 Å². The molecule has 0 aromatic heterocycles. The number of piperazine rings is 1. The highest BCUT2D eigenvalue weighted by Gasteiger charge is 2.32. The SMILES string of the molecule is CCCC(NS(=O)(=O)N1CCN(S(C)(=O)=O)CC1)C(=O)O. The Labute approximate surface area is 125 Å². The number of carboxylic acid groups (broad SMARTS) is 1. The number of aliphatic carboxylic acids is 1. The maximum Gasteiger partial charge on any atom is 0.321 e. The van der Waals surface area contributed by atoms with Gasteiger partial charge in [0, 0.05) is 26.2 Å². The Morgan fingerprint density at radius 2 is 1.62 bits per heavy atom. The van der Waals surface area contributed by atoms with Gasteiger partial charge in [0.15, 0.2) is 0 Å². The molecule has 0 saturated carbocycles. The Hall–Kier alpha value is -0.750. The predicted octanol–water partition coefficient (Wildman–Crippen LogP) is -1.35. The van der Waals surface area contributed by atoms with Crippen molar-refractivity contribution in [1.82, 2.24) is 13.3 Å². The van der Waals surface area contributed by atoms with Gasteiger partial charge in [0.2, 0.25) is 10.0 Å². The fraction of sp³-hybridized carbons (Fsp3) is 0.900. The molecule has 0 radical (unpaired) electrons. The average molecular weight is 343 g/mol. The number of carbonyl (C=O) groups is 1. The fourth-order valence-corrected chi connectivity index (χ4v) is 4.22. The summed E-state index contributed by atoms with van der Waals surface area (Å²) in [4.78, 5) is 11.0. The third-order valence-corrected chi connectivity index (χ3v) is 6.10.